The quantitative estimate of drug-likeness (QED) is 0.843. The molecule has 0 bridgehead atoms. The number of carboxylic acid groups (broad SMARTS) is 1. The van der Waals surface area contributed by atoms with Crippen LogP contribution in [-0.2, 0) is 4.79 Å². The van der Waals surface area contributed by atoms with Crippen molar-refractivity contribution >= 4 is 45.1 Å². The first kappa shape index (κ1) is 12.1. The van der Waals surface area contributed by atoms with Crippen LogP contribution in [0, 0.1) is 11.7 Å². The van der Waals surface area contributed by atoms with Crippen LogP contribution in [0.15, 0.2) is 22.7 Å². The Morgan fingerprint density at radius 1 is 1.50 bits per heavy atom. The molecule has 0 aromatic heterocycles. The summed E-state index contributed by atoms with van der Waals surface area (Å²) < 4.78 is 12.0. The maximum absolute atomic E-state index is 13.0. The average molecular weight is 328 g/mol. The molecule has 86 valence electrons. The number of rotatable bonds is 2. The van der Waals surface area contributed by atoms with Gasteiger partial charge in [0.05, 0.1) is 10.4 Å². The molecule has 1 unspecified atom stereocenters. The maximum Gasteiger partial charge on any atom is 0.310 e. The van der Waals surface area contributed by atoms with Crippen LogP contribution in [0.3, 0.4) is 0 Å². The van der Waals surface area contributed by atoms with Gasteiger partial charge in [0.15, 0.2) is 0 Å². The van der Waals surface area contributed by atoms with Crippen LogP contribution in [0.25, 0.3) is 0 Å². The molecule has 0 radical (unpaired) electrons. The first-order valence-electron chi connectivity index (χ1n) is 4.41. The van der Waals surface area contributed by atoms with Gasteiger partial charge < -0.3 is 5.11 Å². The van der Waals surface area contributed by atoms with E-state index in [9.17, 15) is 9.18 Å². The Kier molecular flexibility index (Phi) is 2.93. The fraction of sp³-hybridized carbons (Fsp3) is 0.300. The zero-order valence-electron chi connectivity index (χ0n) is 7.75. The Labute approximate surface area is 109 Å². The highest BCUT2D eigenvalue weighted by atomic mass is 79.9. The van der Waals surface area contributed by atoms with E-state index in [1.54, 1.807) is 0 Å². The Morgan fingerprint density at radius 3 is 2.56 bits per heavy atom. The van der Waals surface area contributed by atoms with E-state index in [1.807, 2.05) is 0 Å². The van der Waals surface area contributed by atoms with E-state index >= 15 is 0 Å². The Bertz CT molecular complexity index is 464. The SMILES string of the molecule is O=C(O)[C@H]1C(c2ccc(F)c(Br)c2)C1(Cl)Cl. The van der Waals surface area contributed by atoms with Crippen molar-refractivity contribution in [3.05, 3.63) is 34.1 Å². The van der Waals surface area contributed by atoms with Crippen LogP contribution in [0.1, 0.15) is 11.5 Å². The molecule has 0 saturated heterocycles. The van der Waals surface area contributed by atoms with Crippen molar-refractivity contribution in [1.82, 2.24) is 0 Å². The number of hydrogen-bond acceptors (Lipinski definition) is 1. The minimum Gasteiger partial charge on any atom is -0.481 e. The number of halogens is 4. The molecule has 1 aromatic carbocycles. The van der Waals surface area contributed by atoms with Gasteiger partial charge in [0.2, 0.25) is 0 Å². The molecule has 0 aliphatic heterocycles. The zero-order valence-corrected chi connectivity index (χ0v) is 10.9. The zero-order chi connectivity index (χ0) is 12.1. The molecule has 2 nitrogen and oxygen atoms in total. The lowest BCUT2D eigenvalue weighted by Crippen LogP contribution is -2.03. The number of hydrogen-bond donors (Lipinski definition) is 1. The molecule has 1 N–H and O–H groups in total. The third-order valence-electron chi connectivity index (χ3n) is 2.62. The molecular formula is C10H6BrCl2FO2. The van der Waals surface area contributed by atoms with Crippen molar-refractivity contribution in [2.75, 3.05) is 0 Å². The normalized spacial score (nSPS) is 26.5. The monoisotopic (exact) mass is 326 g/mol. The molecule has 1 saturated carbocycles. The van der Waals surface area contributed by atoms with E-state index < -0.39 is 28.0 Å². The van der Waals surface area contributed by atoms with E-state index in [0.717, 1.165) is 0 Å². The summed E-state index contributed by atoms with van der Waals surface area (Å²) >= 11 is 14.8. The maximum atomic E-state index is 13.0. The first-order valence-corrected chi connectivity index (χ1v) is 5.96. The average Bonchev–Trinajstić information content (AvgIpc) is 2.74. The van der Waals surface area contributed by atoms with Gasteiger partial charge in [0.25, 0.3) is 0 Å². The van der Waals surface area contributed by atoms with Gasteiger partial charge in [0, 0.05) is 5.92 Å². The number of aliphatic carboxylic acids is 1. The highest BCUT2D eigenvalue weighted by molar-refractivity contribution is 9.10. The van der Waals surface area contributed by atoms with Crippen molar-refractivity contribution in [2.24, 2.45) is 5.92 Å². The van der Waals surface area contributed by atoms with Crippen molar-refractivity contribution in [1.29, 1.82) is 0 Å². The summed E-state index contributed by atoms with van der Waals surface area (Å²) in [5.41, 5.74) is 0.616. The summed E-state index contributed by atoms with van der Waals surface area (Å²) in [5, 5.41) is 8.89. The Balaban J connectivity index is 2.33. The Morgan fingerprint density at radius 2 is 2.12 bits per heavy atom. The number of carboxylic acids is 1. The van der Waals surface area contributed by atoms with E-state index in [2.05, 4.69) is 15.9 Å². The summed E-state index contributed by atoms with van der Waals surface area (Å²) in [6.45, 7) is 0. The van der Waals surface area contributed by atoms with Gasteiger partial charge in [-0.05, 0) is 33.6 Å². The summed E-state index contributed by atoms with van der Waals surface area (Å²) in [4.78, 5) is 10.9. The van der Waals surface area contributed by atoms with Gasteiger partial charge in [-0.25, -0.2) is 4.39 Å². The molecule has 1 aromatic rings. The molecule has 0 heterocycles. The van der Waals surface area contributed by atoms with Crippen LogP contribution in [0.2, 0.25) is 0 Å². The van der Waals surface area contributed by atoms with E-state index in [1.165, 1.54) is 18.2 Å². The van der Waals surface area contributed by atoms with Gasteiger partial charge in [-0.2, -0.15) is 0 Å². The number of benzene rings is 1. The summed E-state index contributed by atoms with van der Waals surface area (Å²) in [7, 11) is 0. The number of alkyl halides is 2. The van der Waals surface area contributed by atoms with E-state index in [-0.39, 0.29) is 4.47 Å². The second-order valence-corrected chi connectivity index (χ2v) is 5.94. The topological polar surface area (TPSA) is 37.3 Å². The molecule has 0 spiro atoms. The van der Waals surface area contributed by atoms with Crippen molar-refractivity contribution < 1.29 is 14.3 Å². The highest BCUT2D eigenvalue weighted by Crippen LogP contribution is 2.65. The van der Waals surface area contributed by atoms with Crippen molar-refractivity contribution in [2.45, 2.75) is 10.3 Å². The van der Waals surface area contributed by atoms with Crippen molar-refractivity contribution in [3.63, 3.8) is 0 Å². The van der Waals surface area contributed by atoms with Gasteiger partial charge in [0.1, 0.15) is 10.2 Å². The molecule has 6 heteroatoms. The third-order valence-corrected chi connectivity index (χ3v) is 4.17. The van der Waals surface area contributed by atoms with E-state index in [0.29, 0.717) is 5.56 Å². The predicted molar refractivity (Wildman–Crippen MR) is 62.4 cm³/mol. The number of carbonyl (C=O) groups is 1. The Hall–Kier alpha value is -0.320. The first-order chi connectivity index (χ1) is 7.35. The van der Waals surface area contributed by atoms with E-state index in [4.69, 9.17) is 28.3 Å². The summed E-state index contributed by atoms with van der Waals surface area (Å²) in [6.07, 6.45) is 0. The fourth-order valence-electron chi connectivity index (χ4n) is 1.75. The predicted octanol–water partition coefficient (Wildman–Crippen LogP) is 3.56. The molecule has 16 heavy (non-hydrogen) atoms. The lowest BCUT2D eigenvalue weighted by molar-refractivity contribution is -0.138. The molecule has 2 rings (SSSR count). The lowest BCUT2D eigenvalue weighted by Gasteiger charge is -2.01. The van der Waals surface area contributed by atoms with Crippen LogP contribution >= 0.6 is 39.1 Å². The van der Waals surface area contributed by atoms with Crippen LogP contribution in [0.4, 0.5) is 4.39 Å². The van der Waals surface area contributed by atoms with Crippen molar-refractivity contribution in [3.8, 4) is 0 Å². The molecule has 1 aliphatic rings. The van der Waals surface area contributed by atoms with Gasteiger partial charge in [-0.3, -0.25) is 4.79 Å². The second-order valence-electron chi connectivity index (χ2n) is 3.64. The lowest BCUT2D eigenvalue weighted by atomic mass is 10.1. The molecule has 1 aliphatic carbocycles. The molecule has 2 atom stereocenters. The smallest absolute Gasteiger partial charge is 0.310 e. The van der Waals surface area contributed by atoms with Gasteiger partial charge in [-0.1, -0.05) is 29.3 Å². The van der Waals surface area contributed by atoms with Crippen LogP contribution < -0.4 is 0 Å². The summed E-state index contributed by atoms with van der Waals surface area (Å²) in [5.74, 6) is -2.79. The van der Waals surface area contributed by atoms with Crippen LogP contribution in [-0.4, -0.2) is 15.4 Å². The minimum atomic E-state index is -1.30. The molecule has 1 fully saturated rings. The van der Waals surface area contributed by atoms with Crippen LogP contribution in [0.5, 0.6) is 0 Å². The largest absolute Gasteiger partial charge is 0.481 e. The second kappa shape index (κ2) is 3.86. The molecular weight excluding hydrogens is 322 g/mol. The standard InChI is InChI=1S/C10H6BrCl2FO2/c11-5-3-4(1-2-6(5)14)7-8(9(15)16)10(7,12)13/h1-3,7-8H,(H,15,16)/t7?,8-/m1/s1. The fourth-order valence-corrected chi connectivity index (χ4v) is 2.97. The third kappa shape index (κ3) is 1.83. The van der Waals surface area contributed by atoms with Gasteiger partial charge >= 0.3 is 5.97 Å². The molecule has 0 amide bonds. The summed E-state index contributed by atoms with van der Waals surface area (Å²) in [6, 6.07) is 4.25. The van der Waals surface area contributed by atoms with Gasteiger partial charge in [-0.15, -0.1) is 0 Å². The highest BCUT2D eigenvalue weighted by Gasteiger charge is 2.68. The minimum absolute atomic E-state index is 0.269.